The predicted molar refractivity (Wildman–Crippen MR) is 79.1 cm³/mol. The zero-order chi connectivity index (χ0) is 20.8. The summed E-state index contributed by atoms with van der Waals surface area (Å²) in [6, 6.07) is 0. The van der Waals surface area contributed by atoms with Crippen LogP contribution < -0.4 is 33.6 Å². The van der Waals surface area contributed by atoms with E-state index in [2.05, 4.69) is 74.8 Å². The van der Waals surface area contributed by atoms with E-state index in [1.807, 2.05) is 0 Å². The van der Waals surface area contributed by atoms with Gasteiger partial charge in [-0.2, -0.15) is 31.5 Å². The van der Waals surface area contributed by atoms with E-state index < -0.39 is 21.5 Å². The van der Waals surface area contributed by atoms with Crippen molar-refractivity contribution >= 4 is 22.7 Å². The van der Waals surface area contributed by atoms with Gasteiger partial charge in [0.1, 0.15) is 11.9 Å². The topological polar surface area (TPSA) is 335 Å². The third kappa shape index (κ3) is 3.14. The first-order valence-electron chi connectivity index (χ1n) is 6.58. The third-order valence-corrected chi connectivity index (χ3v) is 2.80. The van der Waals surface area contributed by atoms with Crippen molar-refractivity contribution in [3.63, 3.8) is 0 Å². The van der Waals surface area contributed by atoms with Crippen LogP contribution in [-0.4, -0.2) is 60.5 Å². The molecule has 28 heavy (non-hydrogen) atoms. The Labute approximate surface area is 150 Å². The van der Waals surface area contributed by atoms with Crippen molar-refractivity contribution < 1.29 is 21.5 Å². The minimum atomic E-state index is -0.867. The van der Waals surface area contributed by atoms with Crippen molar-refractivity contribution in [2.75, 3.05) is 0 Å². The fourth-order valence-electron chi connectivity index (χ4n) is 1.97. The molecule has 0 bridgehead atoms. The molecule has 0 radical (unpaired) electrons. The molecule has 4 heterocycles. The molecule has 0 unspecified atom stereocenters. The number of fused-ring (bicyclic) bond motifs is 1. The fraction of sp³-hybridized carbons (Fsp3) is 0. The maximum absolute atomic E-state index is 11.3. The SMILES string of the molecule is N[NH3+].N[NH3+].O=[N+]([O-])c1nn(-c2nnn[n-]2)c2c([N+](=O)[O-])nn(-c3nnn[n-]3)c12. The zero-order valence-electron chi connectivity index (χ0n) is 13.5. The maximum atomic E-state index is 11.3. The van der Waals surface area contributed by atoms with Crippen molar-refractivity contribution in [1.29, 1.82) is 0 Å². The molecule has 0 spiro atoms. The highest BCUT2D eigenvalue weighted by molar-refractivity contribution is 5.91. The summed E-state index contributed by atoms with van der Waals surface area (Å²) in [6.07, 6.45) is 0. The number of nitrogens with two attached hydrogens (primary N) is 2. The molecular weight excluding hydrogens is 388 g/mol. The Hall–Kier alpha value is -4.54. The van der Waals surface area contributed by atoms with Crippen LogP contribution in [0.5, 0.6) is 0 Å². The summed E-state index contributed by atoms with van der Waals surface area (Å²) in [7, 11) is 0. The molecule has 22 nitrogen and oxygen atoms in total. The van der Waals surface area contributed by atoms with Gasteiger partial charge in [-0.05, 0) is 9.85 Å². The lowest BCUT2D eigenvalue weighted by Gasteiger charge is -1.96. The number of quaternary nitrogens is 2. The highest BCUT2D eigenvalue weighted by atomic mass is 16.6. The van der Waals surface area contributed by atoms with Crippen molar-refractivity contribution in [2.24, 2.45) is 11.7 Å². The van der Waals surface area contributed by atoms with E-state index >= 15 is 0 Å². The van der Waals surface area contributed by atoms with Crippen molar-refractivity contribution in [3.8, 4) is 11.9 Å². The number of nitrogens with zero attached hydrogens (tertiary/aromatic N) is 14. The van der Waals surface area contributed by atoms with E-state index in [9.17, 15) is 20.2 Å². The Morgan fingerprint density at radius 3 is 1.39 bits per heavy atom. The number of tetrazole rings is 2. The summed E-state index contributed by atoms with van der Waals surface area (Å²) in [5.41, 5.74) is -0.711. The predicted octanol–water partition coefficient (Wildman–Crippen LogP) is -6.48. The molecule has 0 aliphatic carbocycles. The Kier molecular flexibility index (Phi) is 5.81. The van der Waals surface area contributed by atoms with Crippen LogP contribution in [0.15, 0.2) is 0 Å². The maximum Gasteiger partial charge on any atom is 0.396 e. The van der Waals surface area contributed by atoms with Crippen molar-refractivity contribution in [2.45, 2.75) is 0 Å². The van der Waals surface area contributed by atoms with E-state index in [-0.39, 0.29) is 22.9 Å². The Morgan fingerprint density at radius 1 is 0.786 bits per heavy atom. The summed E-state index contributed by atoms with van der Waals surface area (Å²) < 4.78 is 1.47. The van der Waals surface area contributed by atoms with Crippen LogP contribution in [0.4, 0.5) is 11.6 Å². The molecule has 148 valence electrons. The van der Waals surface area contributed by atoms with Gasteiger partial charge in [0.15, 0.2) is 11.0 Å². The van der Waals surface area contributed by atoms with Gasteiger partial charge in [0.05, 0.1) is 0 Å². The molecule has 4 aromatic heterocycles. The van der Waals surface area contributed by atoms with Crippen LogP contribution in [0.1, 0.15) is 0 Å². The van der Waals surface area contributed by atoms with Crippen molar-refractivity contribution in [1.82, 2.24) is 60.8 Å². The number of nitro groups is 2. The molecule has 0 saturated heterocycles. The highest BCUT2D eigenvalue weighted by Crippen LogP contribution is 2.33. The lowest BCUT2D eigenvalue weighted by atomic mass is 10.4. The molecular formula is C6H10N18O4. The average molecular weight is 398 g/mol. The lowest BCUT2D eigenvalue weighted by Crippen LogP contribution is -2.59. The van der Waals surface area contributed by atoms with Crippen molar-refractivity contribution in [3.05, 3.63) is 20.2 Å². The van der Waals surface area contributed by atoms with E-state index in [1.165, 1.54) is 0 Å². The second kappa shape index (κ2) is 8.23. The number of hydrogen-bond acceptors (Lipinski definition) is 14. The molecule has 0 aromatic carbocycles. The number of rotatable bonds is 4. The molecule has 0 saturated carbocycles. The molecule has 0 fully saturated rings. The third-order valence-electron chi connectivity index (χ3n) is 2.80. The highest BCUT2D eigenvalue weighted by Gasteiger charge is 2.34. The molecule has 4 rings (SSSR count). The fourth-order valence-corrected chi connectivity index (χ4v) is 1.97. The average Bonchev–Trinajstić information content (AvgIpc) is 3.47. The standard InChI is InChI=1S/C6N14O4.2H4N2/c21-19(22)3-1-2(18(11-3)6-9-15-16-10-6)4(20(23)24)12-17(1)5-7-13-14-8-5;2*1-2/h;2*1-2H2/q-2;;/p+2. The lowest BCUT2D eigenvalue weighted by molar-refractivity contribution is -0.388. The van der Waals surface area contributed by atoms with Crippen LogP contribution in [-0.2, 0) is 0 Å². The summed E-state index contributed by atoms with van der Waals surface area (Å²) >= 11 is 0. The van der Waals surface area contributed by atoms with Gasteiger partial charge in [-0.25, -0.2) is 10.2 Å². The van der Waals surface area contributed by atoms with E-state index in [0.29, 0.717) is 0 Å². The van der Waals surface area contributed by atoms with Gasteiger partial charge in [-0.15, -0.1) is 10.4 Å². The first-order chi connectivity index (χ1) is 13.6. The van der Waals surface area contributed by atoms with Crippen LogP contribution in [0.2, 0.25) is 0 Å². The number of aromatic nitrogens is 12. The van der Waals surface area contributed by atoms with E-state index in [1.54, 1.807) is 0 Å². The summed E-state index contributed by atoms with van der Waals surface area (Å²) in [5, 5.41) is 56.6. The minimum Gasteiger partial charge on any atom is -0.358 e. The van der Waals surface area contributed by atoms with Gasteiger partial charge < -0.3 is 20.2 Å². The van der Waals surface area contributed by atoms with Gasteiger partial charge in [0, 0.05) is 10.2 Å². The van der Waals surface area contributed by atoms with Crippen LogP contribution in [0.3, 0.4) is 0 Å². The van der Waals surface area contributed by atoms with Gasteiger partial charge in [-0.3, -0.25) is 21.9 Å². The quantitative estimate of drug-likeness (QED) is 0.141. The normalized spacial score (nSPS) is 10.0. The van der Waals surface area contributed by atoms with E-state index in [0.717, 1.165) is 9.36 Å². The Balaban J connectivity index is 0.000000660. The van der Waals surface area contributed by atoms with Gasteiger partial charge >= 0.3 is 11.6 Å². The molecule has 0 aliphatic rings. The Bertz CT molecular complexity index is 972. The summed E-state index contributed by atoms with van der Waals surface area (Å²) in [5.74, 6) is 11.9. The number of hydrogen-bond donors (Lipinski definition) is 4. The molecule has 0 amide bonds. The van der Waals surface area contributed by atoms with Gasteiger partial charge in [0.25, 0.3) is 0 Å². The van der Waals surface area contributed by atoms with Crippen LogP contribution in [0.25, 0.3) is 22.9 Å². The zero-order valence-corrected chi connectivity index (χ0v) is 13.5. The first-order valence-corrected chi connectivity index (χ1v) is 6.58. The molecule has 4 aromatic rings. The molecule has 22 heteroatoms. The largest absolute Gasteiger partial charge is 0.396 e. The van der Waals surface area contributed by atoms with Crippen LogP contribution >= 0.6 is 0 Å². The summed E-state index contributed by atoms with van der Waals surface area (Å²) in [6.45, 7) is 0. The van der Waals surface area contributed by atoms with Gasteiger partial charge in [-0.1, -0.05) is 0 Å². The Morgan fingerprint density at radius 2 is 1.14 bits per heavy atom. The summed E-state index contributed by atoms with van der Waals surface area (Å²) in [4.78, 5) is 20.8. The molecule has 0 aliphatic heterocycles. The smallest absolute Gasteiger partial charge is 0.358 e. The van der Waals surface area contributed by atoms with Gasteiger partial charge in [0.2, 0.25) is 0 Å². The minimum absolute atomic E-state index is 0.310. The molecule has 0 atom stereocenters. The second-order valence-corrected chi connectivity index (χ2v) is 4.04. The molecule has 10 N–H and O–H groups in total. The van der Waals surface area contributed by atoms with Crippen LogP contribution in [0, 0.1) is 20.2 Å². The first kappa shape index (κ1) is 19.8. The van der Waals surface area contributed by atoms with E-state index in [4.69, 9.17) is 0 Å². The monoisotopic (exact) mass is 398 g/mol. The second-order valence-electron chi connectivity index (χ2n) is 4.04.